The lowest BCUT2D eigenvalue weighted by Crippen LogP contribution is -2.55. The fourth-order valence-corrected chi connectivity index (χ4v) is 4.97. The van der Waals surface area contributed by atoms with Crippen molar-refractivity contribution >= 4 is 29.9 Å². The number of amides is 2. The van der Waals surface area contributed by atoms with Crippen LogP contribution in [0.15, 0.2) is 38.0 Å². The Morgan fingerprint density at radius 2 is 1.27 bits per heavy atom. The van der Waals surface area contributed by atoms with Gasteiger partial charge < -0.3 is 29.6 Å². The monoisotopic (exact) mass is 564 g/mol. The molecule has 11 heteroatoms. The molecule has 2 amide bonds. The Balaban J connectivity index is 2.95. The molecule has 0 aliphatic heterocycles. The Kier molecular flexibility index (Phi) is 13.1. The highest BCUT2D eigenvalue weighted by Crippen LogP contribution is 2.43. The molecule has 1 aliphatic carbocycles. The third kappa shape index (κ3) is 12.0. The first-order chi connectivity index (χ1) is 18.6. The maximum atomic E-state index is 12.7. The van der Waals surface area contributed by atoms with Crippen LogP contribution in [0.1, 0.15) is 53.9 Å². The molecule has 0 heterocycles. The zero-order valence-electron chi connectivity index (χ0n) is 24.3. The predicted molar refractivity (Wildman–Crippen MR) is 148 cm³/mol. The average Bonchev–Trinajstić information content (AvgIpc) is 2.88. The molecule has 0 saturated heterocycles. The molecule has 11 nitrogen and oxygen atoms in total. The van der Waals surface area contributed by atoms with E-state index < -0.39 is 61.4 Å². The molecule has 0 aromatic heterocycles. The average molecular weight is 565 g/mol. The molecule has 1 rings (SSSR count). The van der Waals surface area contributed by atoms with Crippen LogP contribution in [-0.2, 0) is 38.1 Å². The molecule has 2 N–H and O–H groups in total. The van der Waals surface area contributed by atoms with E-state index in [9.17, 15) is 24.0 Å². The van der Waals surface area contributed by atoms with Crippen LogP contribution in [0.3, 0.4) is 0 Å². The van der Waals surface area contributed by atoms with Crippen LogP contribution in [0.2, 0.25) is 0 Å². The second-order valence-corrected chi connectivity index (χ2v) is 11.7. The van der Waals surface area contributed by atoms with Gasteiger partial charge in [0.25, 0.3) is 0 Å². The fraction of sp³-hybridized carbons (Fsp3) is 0.621. The Labute approximate surface area is 236 Å². The number of carbonyl (C=O) groups excluding carboxylic acids is 5. The summed E-state index contributed by atoms with van der Waals surface area (Å²) < 4.78 is 20.8. The van der Waals surface area contributed by atoms with Crippen LogP contribution in [-0.4, -0.2) is 68.4 Å². The van der Waals surface area contributed by atoms with Crippen molar-refractivity contribution in [3.8, 4) is 0 Å². The maximum absolute atomic E-state index is 12.7. The standard InChI is InChI=1S/C29H44N2O9/c1-9-22(32)37-16-29(17-38-23(33)10-2,18-39-24(34)11-3)19-40-26(36)30-14-21-12-27(6,7)15-28(8,13-21)31-25(35)20(4)5/h9-11,20-21H,1-3,12-19H2,4-8H3,(H,30,36)(H,31,35). The summed E-state index contributed by atoms with van der Waals surface area (Å²) in [5, 5.41) is 5.93. The van der Waals surface area contributed by atoms with Crippen LogP contribution in [0.4, 0.5) is 4.79 Å². The summed E-state index contributed by atoms with van der Waals surface area (Å²) in [7, 11) is 0. The van der Waals surface area contributed by atoms with E-state index in [1.807, 2.05) is 20.8 Å². The number of nitrogens with one attached hydrogen (secondary N) is 2. The molecular formula is C29H44N2O9. The smallest absolute Gasteiger partial charge is 0.407 e. The van der Waals surface area contributed by atoms with Gasteiger partial charge in [0.15, 0.2) is 0 Å². The molecule has 2 unspecified atom stereocenters. The third-order valence-corrected chi connectivity index (χ3v) is 6.50. The summed E-state index contributed by atoms with van der Waals surface area (Å²) in [5.41, 5.74) is -1.91. The quantitative estimate of drug-likeness (QED) is 0.174. The number of ether oxygens (including phenoxy) is 4. The van der Waals surface area contributed by atoms with Gasteiger partial charge in [-0.15, -0.1) is 0 Å². The Hall–Kier alpha value is -3.63. The molecular weight excluding hydrogens is 520 g/mol. The molecule has 1 fully saturated rings. The Morgan fingerprint density at radius 1 is 0.825 bits per heavy atom. The van der Waals surface area contributed by atoms with Crippen LogP contribution in [0, 0.1) is 22.7 Å². The summed E-state index contributed by atoms with van der Waals surface area (Å²) in [6, 6.07) is 0. The second kappa shape index (κ2) is 15.2. The van der Waals surface area contributed by atoms with E-state index in [0.29, 0.717) is 13.0 Å². The first kappa shape index (κ1) is 34.4. The minimum absolute atomic E-state index is 0.0193. The lowest BCUT2D eigenvalue weighted by molar-refractivity contribution is -0.159. The topological polar surface area (TPSA) is 146 Å². The van der Waals surface area contributed by atoms with Gasteiger partial charge in [-0.2, -0.15) is 0 Å². The van der Waals surface area contributed by atoms with E-state index >= 15 is 0 Å². The SMILES string of the molecule is C=CC(=O)OCC(COC(=O)C=C)(COC(=O)C=C)COC(=O)NCC1CC(C)(C)CC(C)(NC(=O)C(C)C)C1. The van der Waals surface area contributed by atoms with E-state index in [4.69, 9.17) is 18.9 Å². The highest BCUT2D eigenvalue weighted by Gasteiger charge is 2.42. The summed E-state index contributed by atoms with van der Waals surface area (Å²) in [5.74, 6) is -2.41. The fourth-order valence-electron chi connectivity index (χ4n) is 4.97. The van der Waals surface area contributed by atoms with Crippen molar-refractivity contribution in [1.29, 1.82) is 0 Å². The van der Waals surface area contributed by atoms with E-state index in [0.717, 1.165) is 31.1 Å². The van der Waals surface area contributed by atoms with Gasteiger partial charge in [-0.25, -0.2) is 19.2 Å². The van der Waals surface area contributed by atoms with Crippen molar-refractivity contribution in [3.05, 3.63) is 38.0 Å². The Morgan fingerprint density at radius 3 is 1.70 bits per heavy atom. The largest absolute Gasteiger partial charge is 0.462 e. The molecule has 1 aliphatic rings. The first-order valence-electron chi connectivity index (χ1n) is 13.2. The van der Waals surface area contributed by atoms with Gasteiger partial charge in [0.1, 0.15) is 31.8 Å². The molecule has 40 heavy (non-hydrogen) atoms. The van der Waals surface area contributed by atoms with Gasteiger partial charge in [0.05, 0.1) is 0 Å². The first-order valence-corrected chi connectivity index (χ1v) is 13.2. The number of alkyl carbamates (subject to hydrolysis) is 1. The molecule has 0 aromatic rings. The van der Waals surface area contributed by atoms with Crippen molar-refractivity contribution in [2.75, 3.05) is 33.0 Å². The highest BCUT2D eigenvalue weighted by atomic mass is 16.6. The Bertz CT molecular complexity index is 913. The highest BCUT2D eigenvalue weighted by molar-refractivity contribution is 5.82. The van der Waals surface area contributed by atoms with Crippen molar-refractivity contribution in [2.24, 2.45) is 22.7 Å². The number of hydrogen-bond acceptors (Lipinski definition) is 9. The van der Waals surface area contributed by atoms with E-state index in [-0.39, 0.29) is 23.2 Å². The molecule has 2 atom stereocenters. The van der Waals surface area contributed by atoms with Gasteiger partial charge >= 0.3 is 24.0 Å². The van der Waals surface area contributed by atoms with E-state index in [1.165, 1.54) is 0 Å². The van der Waals surface area contributed by atoms with Crippen LogP contribution in [0.5, 0.6) is 0 Å². The summed E-state index contributed by atoms with van der Waals surface area (Å²) in [4.78, 5) is 60.4. The predicted octanol–water partition coefficient (Wildman–Crippen LogP) is 3.24. The maximum Gasteiger partial charge on any atom is 0.407 e. The number of rotatable bonds is 15. The van der Waals surface area contributed by atoms with Crippen LogP contribution in [0.25, 0.3) is 0 Å². The second-order valence-electron chi connectivity index (χ2n) is 11.7. The normalized spacial score (nSPS) is 19.9. The van der Waals surface area contributed by atoms with E-state index in [2.05, 4.69) is 44.2 Å². The molecule has 0 radical (unpaired) electrons. The number of hydrogen-bond donors (Lipinski definition) is 2. The van der Waals surface area contributed by atoms with Crippen LogP contribution < -0.4 is 10.6 Å². The summed E-state index contributed by atoms with van der Waals surface area (Å²) >= 11 is 0. The molecule has 1 saturated carbocycles. The van der Waals surface area contributed by atoms with Crippen molar-refractivity contribution in [3.63, 3.8) is 0 Å². The van der Waals surface area contributed by atoms with Crippen molar-refractivity contribution in [2.45, 2.75) is 59.4 Å². The summed E-state index contributed by atoms with van der Waals surface area (Å²) in [6.07, 6.45) is 4.36. The van der Waals surface area contributed by atoms with Gasteiger partial charge in [0, 0.05) is 36.2 Å². The minimum Gasteiger partial charge on any atom is -0.462 e. The van der Waals surface area contributed by atoms with Crippen molar-refractivity contribution < 1.29 is 42.9 Å². The minimum atomic E-state index is -1.42. The van der Waals surface area contributed by atoms with Gasteiger partial charge in [0.2, 0.25) is 5.91 Å². The van der Waals surface area contributed by atoms with Gasteiger partial charge in [-0.1, -0.05) is 47.4 Å². The molecule has 0 bridgehead atoms. The number of esters is 3. The molecule has 0 aromatic carbocycles. The zero-order valence-corrected chi connectivity index (χ0v) is 24.3. The summed E-state index contributed by atoms with van der Waals surface area (Å²) in [6.45, 7) is 18.6. The van der Waals surface area contributed by atoms with E-state index in [1.54, 1.807) is 0 Å². The third-order valence-electron chi connectivity index (χ3n) is 6.50. The van der Waals surface area contributed by atoms with Crippen LogP contribution >= 0.6 is 0 Å². The van der Waals surface area contributed by atoms with Gasteiger partial charge in [-0.05, 0) is 37.5 Å². The lowest BCUT2D eigenvalue weighted by atomic mass is 9.64. The van der Waals surface area contributed by atoms with Gasteiger partial charge in [-0.3, -0.25) is 4.79 Å². The van der Waals surface area contributed by atoms with Crippen molar-refractivity contribution in [1.82, 2.24) is 10.6 Å². The number of carbonyl (C=O) groups is 5. The molecule has 224 valence electrons. The zero-order chi connectivity index (χ0) is 30.6. The molecule has 0 spiro atoms. The lowest BCUT2D eigenvalue weighted by Gasteiger charge is -2.47.